The number of furan rings is 1. The van der Waals surface area contributed by atoms with E-state index in [0.29, 0.717) is 32.9 Å². The average Bonchev–Trinajstić information content (AvgIpc) is 3.15. The van der Waals surface area contributed by atoms with Crippen LogP contribution in [-0.2, 0) is 4.79 Å². The number of benzene rings is 1. The molecule has 1 saturated heterocycles. The first-order valence-corrected chi connectivity index (χ1v) is 8.91. The predicted molar refractivity (Wildman–Crippen MR) is 106 cm³/mol. The van der Waals surface area contributed by atoms with Crippen molar-refractivity contribution >= 4 is 57.6 Å². The van der Waals surface area contributed by atoms with Crippen molar-refractivity contribution in [2.24, 2.45) is 0 Å². The highest BCUT2D eigenvalue weighted by Crippen LogP contribution is 2.36. The lowest BCUT2D eigenvalue weighted by atomic mass is 10.1. The van der Waals surface area contributed by atoms with Gasteiger partial charge in [0.15, 0.2) is 0 Å². The lowest BCUT2D eigenvalue weighted by molar-refractivity contribution is -0.384. The van der Waals surface area contributed by atoms with E-state index in [0.717, 1.165) is 0 Å². The Morgan fingerprint density at radius 1 is 1.38 bits per heavy atom. The molecule has 1 amide bonds. The van der Waals surface area contributed by atoms with Gasteiger partial charge >= 0.3 is 0 Å². The smallest absolute Gasteiger partial charge is 0.281 e. The summed E-state index contributed by atoms with van der Waals surface area (Å²) < 4.78 is 6.12. The number of halogens is 1. The van der Waals surface area contributed by atoms with Gasteiger partial charge in [-0.1, -0.05) is 41.7 Å². The molecular weight excluding hydrogens is 396 g/mol. The Labute approximate surface area is 163 Å². The molecule has 2 aromatic rings. The maximum absolute atomic E-state index is 12.3. The van der Waals surface area contributed by atoms with Gasteiger partial charge in [0, 0.05) is 23.7 Å². The number of nitro groups is 1. The van der Waals surface area contributed by atoms with Crippen molar-refractivity contribution in [1.82, 2.24) is 4.90 Å². The molecule has 0 unspecified atom stereocenters. The molecule has 0 aliphatic carbocycles. The molecular formula is C17H11ClN2O4S2. The summed E-state index contributed by atoms with van der Waals surface area (Å²) in [4.78, 5) is 24.9. The molecule has 0 radical (unpaired) electrons. The Morgan fingerprint density at radius 2 is 2.15 bits per heavy atom. The number of hydrogen-bond acceptors (Lipinski definition) is 6. The van der Waals surface area contributed by atoms with Crippen LogP contribution in [0.15, 0.2) is 52.3 Å². The Balaban J connectivity index is 1.92. The Kier molecular flexibility index (Phi) is 5.26. The van der Waals surface area contributed by atoms with Crippen LogP contribution in [0.1, 0.15) is 5.76 Å². The van der Waals surface area contributed by atoms with E-state index >= 15 is 0 Å². The zero-order chi connectivity index (χ0) is 18.8. The number of amides is 1. The molecule has 1 aliphatic rings. The van der Waals surface area contributed by atoms with Crippen molar-refractivity contribution in [2.45, 2.75) is 0 Å². The number of carbonyl (C=O) groups excluding carboxylic acids is 1. The van der Waals surface area contributed by atoms with E-state index in [1.54, 1.807) is 30.4 Å². The molecule has 2 heterocycles. The number of carbonyl (C=O) groups is 1. The number of thiocarbonyl (C=S) groups is 1. The first kappa shape index (κ1) is 18.4. The van der Waals surface area contributed by atoms with Gasteiger partial charge in [-0.15, -0.1) is 6.58 Å². The Hall–Kier alpha value is -2.42. The lowest BCUT2D eigenvalue weighted by Crippen LogP contribution is -2.27. The van der Waals surface area contributed by atoms with Crippen LogP contribution in [0.4, 0.5) is 5.69 Å². The van der Waals surface area contributed by atoms with Gasteiger partial charge in [0.2, 0.25) is 0 Å². The van der Waals surface area contributed by atoms with Gasteiger partial charge in [-0.2, -0.15) is 0 Å². The Bertz CT molecular complexity index is 967. The summed E-state index contributed by atoms with van der Waals surface area (Å²) in [5.74, 6) is 0.472. The maximum atomic E-state index is 12.3. The second-order valence-corrected chi connectivity index (χ2v) is 7.31. The van der Waals surface area contributed by atoms with Crippen molar-refractivity contribution in [3.05, 3.63) is 68.8 Å². The molecule has 1 aromatic heterocycles. The molecule has 0 atom stereocenters. The zero-order valence-corrected chi connectivity index (χ0v) is 15.6. The molecule has 9 heteroatoms. The van der Waals surface area contributed by atoms with E-state index in [1.165, 1.54) is 28.8 Å². The lowest BCUT2D eigenvalue weighted by Gasteiger charge is -2.10. The summed E-state index contributed by atoms with van der Waals surface area (Å²) in [6.07, 6.45) is 3.16. The van der Waals surface area contributed by atoms with E-state index in [4.69, 9.17) is 28.2 Å². The topological polar surface area (TPSA) is 76.6 Å². The predicted octanol–water partition coefficient (Wildman–Crippen LogP) is 4.90. The molecule has 3 rings (SSSR count). The van der Waals surface area contributed by atoms with Crippen molar-refractivity contribution in [2.75, 3.05) is 6.54 Å². The summed E-state index contributed by atoms with van der Waals surface area (Å²) in [7, 11) is 0. The van der Waals surface area contributed by atoms with Gasteiger partial charge in [-0.05, 0) is 24.3 Å². The minimum absolute atomic E-state index is 0.157. The number of hydrogen-bond donors (Lipinski definition) is 0. The molecule has 0 N–H and O–H groups in total. The molecule has 1 fully saturated rings. The van der Waals surface area contributed by atoms with E-state index in [1.807, 2.05) is 0 Å². The number of rotatable bonds is 5. The van der Waals surface area contributed by atoms with Crippen LogP contribution < -0.4 is 0 Å². The normalized spacial score (nSPS) is 15.7. The van der Waals surface area contributed by atoms with E-state index in [2.05, 4.69) is 6.58 Å². The highest BCUT2D eigenvalue weighted by atomic mass is 35.5. The van der Waals surface area contributed by atoms with Gasteiger partial charge in [-0.25, -0.2) is 0 Å². The third kappa shape index (κ3) is 3.57. The molecule has 132 valence electrons. The Morgan fingerprint density at radius 3 is 2.85 bits per heavy atom. The summed E-state index contributed by atoms with van der Waals surface area (Å²) in [5, 5.41) is 11.5. The zero-order valence-electron chi connectivity index (χ0n) is 13.2. The summed E-state index contributed by atoms with van der Waals surface area (Å²) >= 11 is 12.2. The van der Waals surface area contributed by atoms with Crippen LogP contribution >= 0.6 is 35.6 Å². The number of thioether (sulfide) groups is 1. The summed E-state index contributed by atoms with van der Waals surface area (Å²) in [6, 6.07) is 7.57. The molecule has 1 aromatic carbocycles. The SMILES string of the molecule is C=CCN1C(=O)C(=Cc2ccc(-c3ccc(Cl)cc3[N+](=O)[O-])o2)SC1=S. The number of nitro benzene ring substituents is 1. The van der Waals surface area contributed by atoms with E-state index in [-0.39, 0.29) is 16.6 Å². The quantitative estimate of drug-likeness (QED) is 0.231. The number of nitrogens with zero attached hydrogens (tertiary/aromatic N) is 2. The van der Waals surface area contributed by atoms with Crippen molar-refractivity contribution in [1.29, 1.82) is 0 Å². The van der Waals surface area contributed by atoms with Crippen LogP contribution in [0.25, 0.3) is 17.4 Å². The molecule has 0 bridgehead atoms. The highest BCUT2D eigenvalue weighted by Gasteiger charge is 2.31. The van der Waals surface area contributed by atoms with E-state index in [9.17, 15) is 14.9 Å². The van der Waals surface area contributed by atoms with Gasteiger partial charge in [0.1, 0.15) is 15.8 Å². The molecule has 26 heavy (non-hydrogen) atoms. The van der Waals surface area contributed by atoms with Crippen molar-refractivity contribution in [3.63, 3.8) is 0 Å². The van der Waals surface area contributed by atoms with E-state index < -0.39 is 4.92 Å². The monoisotopic (exact) mass is 406 g/mol. The standard InChI is InChI=1S/C17H11ClN2O4S2/c1-2-7-19-16(21)15(26-17(19)25)9-11-4-6-14(24-11)12-5-3-10(18)8-13(12)20(22)23/h2-6,8-9H,1,7H2. The fourth-order valence-corrected chi connectivity index (χ4v) is 3.78. The molecule has 6 nitrogen and oxygen atoms in total. The largest absolute Gasteiger partial charge is 0.456 e. The van der Waals surface area contributed by atoms with Gasteiger partial charge in [0.25, 0.3) is 11.6 Å². The fourth-order valence-electron chi connectivity index (χ4n) is 2.36. The van der Waals surface area contributed by atoms with Crippen LogP contribution in [0.3, 0.4) is 0 Å². The summed E-state index contributed by atoms with van der Waals surface area (Å²) in [5.41, 5.74) is 0.147. The van der Waals surface area contributed by atoms with Gasteiger partial charge < -0.3 is 4.42 Å². The van der Waals surface area contributed by atoms with Crippen LogP contribution in [0, 0.1) is 10.1 Å². The first-order valence-electron chi connectivity index (χ1n) is 7.31. The minimum atomic E-state index is -0.524. The third-order valence-electron chi connectivity index (χ3n) is 3.51. The van der Waals surface area contributed by atoms with Gasteiger partial charge in [0.05, 0.1) is 15.4 Å². The fraction of sp³-hybridized carbons (Fsp3) is 0.0588. The second kappa shape index (κ2) is 7.45. The van der Waals surface area contributed by atoms with Gasteiger partial charge in [-0.3, -0.25) is 19.8 Å². The highest BCUT2D eigenvalue weighted by molar-refractivity contribution is 8.26. The summed E-state index contributed by atoms with van der Waals surface area (Å²) in [6.45, 7) is 3.94. The van der Waals surface area contributed by atoms with Crippen LogP contribution in [0.2, 0.25) is 5.02 Å². The average molecular weight is 407 g/mol. The maximum Gasteiger partial charge on any atom is 0.281 e. The van der Waals surface area contributed by atoms with Crippen LogP contribution in [0.5, 0.6) is 0 Å². The van der Waals surface area contributed by atoms with Crippen LogP contribution in [-0.4, -0.2) is 26.6 Å². The van der Waals surface area contributed by atoms with Crippen molar-refractivity contribution < 1.29 is 14.1 Å². The molecule has 0 saturated carbocycles. The van der Waals surface area contributed by atoms with Crippen molar-refractivity contribution in [3.8, 4) is 11.3 Å². The molecule has 0 spiro atoms. The minimum Gasteiger partial charge on any atom is -0.456 e. The third-order valence-corrected chi connectivity index (χ3v) is 5.12. The molecule has 1 aliphatic heterocycles. The second-order valence-electron chi connectivity index (χ2n) is 5.20. The first-order chi connectivity index (χ1) is 12.4.